The van der Waals surface area contributed by atoms with E-state index in [4.69, 9.17) is 0 Å². The van der Waals surface area contributed by atoms with Crippen LogP contribution in [0.4, 0.5) is 0 Å². The number of hydrogen-bond acceptors (Lipinski definition) is 2. The van der Waals surface area contributed by atoms with Gasteiger partial charge in [0.2, 0.25) is 0 Å². The number of rotatable bonds is 1. The summed E-state index contributed by atoms with van der Waals surface area (Å²) in [6.07, 6.45) is 1.97. The summed E-state index contributed by atoms with van der Waals surface area (Å²) < 4.78 is 1.98. The van der Waals surface area contributed by atoms with Crippen molar-refractivity contribution in [1.82, 2.24) is 0 Å². The van der Waals surface area contributed by atoms with Crippen molar-refractivity contribution >= 4 is 10.8 Å². The van der Waals surface area contributed by atoms with Crippen molar-refractivity contribution in [2.24, 2.45) is 7.05 Å². The van der Waals surface area contributed by atoms with Gasteiger partial charge in [-0.15, -0.1) is 0 Å². The van der Waals surface area contributed by atoms with E-state index >= 15 is 0 Å². The van der Waals surface area contributed by atoms with Crippen LogP contribution >= 0.6 is 0 Å². The molecule has 84 valence electrons. The molecule has 0 aliphatic rings. The van der Waals surface area contributed by atoms with Gasteiger partial charge in [-0.3, -0.25) is 0 Å². The number of benzene rings is 1. The molecule has 0 bridgehead atoms. The average molecular weight is 218 g/mol. The Morgan fingerprint density at radius 1 is 1.12 bits per heavy atom. The zero-order chi connectivity index (χ0) is 11.9. The highest BCUT2D eigenvalue weighted by molar-refractivity contribution is 5.91. The summed E-state index contributed by atoms with van der Waals surface area (Å²) in [4.78, 5) is 0. The van der Waals surface area contributed by atoms with Gasteiger partial charge < -0.3 is 10.2 Å². The van der Waals surface area contributed by atoms with E-state index in [1.54, 1.807) is 0 Å². The van der Waals surface area contributed by atoms with Gasteiger partial charge >= 0.3 is 0 Å². The van der Waals surface area contributed by atoms with Crippen molar-refractivity contribution in [3.05, 3.63) is 30.1 Å². The van der Waals surface area contributed by atoms with Crippen LogP contribution in [0, 0.1) is 0 Å². The summed E-state index contributed by atoms with van der Waals surface area (Å²) in [5, 5.41) is 21.2. The fourth-order valence-corrected chi connectivity index (χ4v) is 2.15. The molecule has 0 atom stereocenters. The lowest BCUT2D eigenvalue weighted by Crippen LogP contribution is -2.33. The third-order valence-electron chi connectivity index (χ3n) is 2.85. The van der Waals surface area contributed by atoms with Crippen LogP contribution in [0.3, 0.4) is 0 Å². The Hall–Kier alpha value is -1.77. The van der Waals surface area contributed by atoms with Crippen LogP contribution in [0.25, 0.3) is 10.8 Å². The van der Waals surface area contributed by atoms with Gasteiger partial charge in [-0.05, 0) is 17.5 Å². The predicted molar refractivity (Wildman–Crippen MR) is 62.5 cm³/mol. The molecular formula is C13H16NO2+. The molecule has 0 saturated carbocycles. The number of aromatic hydroxyl groups is 2. The average Bonchev–Trinajstić information content (AvgIpc) is 2.23. The number of pyridine rings is 1. The third-order valence-corrected chi connectivity index (χ3v) is 2.85. The van der Waals surface area contributed by atoms with Crippen molar-refractivity contribution in [3.8, 4) is 11.5 Å². The number of phenolic OH excluding ortho intramolecular Hbond substituents is 2. The van der Waals surface area contributed by atoms with Crippen molar-refractivity contribution < 1.29 is 14.8 Å². The Morgan fingerprint density at radius 2 is 1.81 bits per heavy atom. The van der Waals surface area contributed by atoms with Crippen LogP contribution in [0.5, 0.6) is 11.5 Å². The Labute approximate surface area is 94.6 Å². The number of fused-ring (bicyclic) bond motifs is 1. The first-order chi connectivity index (χ1) is 7.52. The summed E-state index contributed by atoms with van der Waals surface area (Å²) in [5.41, 5.74) is 1.02. The van der Waals surface area contributed by atoms with Crippen LogP contribution in [-0.4, -0.2) is 10.2 Å². The molecule has 2 N–H and O–H groups in total. The van der Waals surface area contributed by atoms with Crippen molar-refractivity contribution in [3.63, 3.8) is 0 Å². The molecule has 0 aliphatic heterocycles. The second-order valence-corrected chi connectivity index (χ2v) is 4.36. The minimum Gasteiger partial charge on any atom is -0.504 e. The first-order valence-corrected chi connectivity index (χ1v) is 5.35. The standard InChI is InChI=1S/C13H15NO2/c1-8(2)12-11-9(6-7-14(12)3)4-5-10(15)13(11)16/h4-8,15H,1-3H3/p+1. The van der Waals surface area contributed by atoms with Crippen LogP contribution in [0.15, 0.2) is 24.4 Å². The van der Waals surface area contributed by atoms with Crippen LogP contribution in [0.1, 0.15) is 25.5 Å². The molecule has 2 rings (SSSR count). The normalized spacial score (nSPS) is 11.2. The van der Waals surface area contributed by atoms with E-state index in [2.05, 4.69) is 13.8 Å². The molecule has 1 aromatic heterocycles. The molecule has 0 amide bonds. The molecule has 0 saturated heterocycles. The lowest BCUT2D eigenvalue weighted by atomic mass is 10.0. The first-order valence-electron chi connectivity index (χ1n) is 5.35. The minimum atomic E-state index is -0.0689. The Balaban J connectivity index is 2.95. The molecule has 2 aromatic rings. The van der Waals surface area contributed by atoms with Gasteiger partial charge in [-0.1, -0.05) is 13.8 Å². The van der Waals surface area contributed by atoms with E-state index in [1.165, 1.54) is 6.07 Å². The summed E-state index contributed by atoms with van der Waals surface area (Å²) in [7, 11) is 1.94. The number of aryl methyl sites for hydroxylation is 1. The van der Waals surface area contributed by atoms with Crippen LogP contribution in [0.2, 0.25) is 0 Å². The highest BCUT2D eigenvalue weighted by Crippen LogP contribution is 2.36. The molecule has 16 heavy (non-hydrogen) atoms. The van der Waals surface area contributed by atoms with Gasteiger partial charge in [0.05, 0.1) is 5.39 Å². The van der Waals surface area contributed by atoms with Gasteiger partial charge in [-0.2, -0.15) is 0 Å². The summed E-state index contributed by atoms with van der Waals surface area (Å²) >= 11 is 0. The van der Waals surface area contributed by atoms with Gasteiger partial charge in [0.25, 0.3) is 0 Å². The highest BCUT2D eigenvalue weighted by Gasteiger charge is 2.20. The lowest BCUT2D eigenvalue weighted by molar-refractivity contribution is -0.678. The van der Waals surface area contributed by atoms with E-state index in [0.29, 0.717) is 0 Å². The van der Waals surface area contributed by atoms with E-state index in [-0.39, 0.29) is 17.4 Å². The van der Waals surface area contributed by atoms with E-state index in [9.17, 15) is 10.2 Å². The molecule has 0 spiro atoms. The second-order valence-electron chi connectivity index (χ2n) is 4.36. The summed E-state index contributed by atoms with van der Waals surface area (Å²) in [6, 6.07) is 5.26. The Morgan fingerprint density at radius 3 is 2.44 bits per heavy atom. The van der Waals surface area contributed by atoms with Crippen LogP contribution in [-0.2, 0) is 7.05 Å². The zero-order valence-electron chi connectivity index (χ0n) is 9.73. The Bertz CT molecular complexity index is 542. The highest BCUT2D eigenvalue weighted by atomic mass is 16.3. The smallest absolute Gasteiger partial charge is 0.195 e. The monoisotopic (exact) mass is 218 g/mol. The van der Waals surface area contributed by atoms with Gasteiger partial charge in [0.15, 0.2) is 23.4 Å². The van der Waals surface area contributed by atoms with Gasteiger partial charge in [-0.25, -0.2) is 4.57 Å². The van der Waals surface area contributed by atoms with E-state index < -0.39 is 0 Å². The van der Waals surface area contributed by atoms with E-state index in [0.717, 1.165) is 16.5 Å². The fourth-order valence-electron chi connectivity index (χ4n) is 2.15. The van der Waals surface area contributed by atoms with Crippen molar-refractivity contribution in [2.75, 3.05) is 0 Å². The van der Waals surface area contributed by atoms with Crippen molar-refractivity contribution in [2.45, 2.75) is 19.8 Å². The molecule has 0 unspecified atom stereocenters. The topological polar surface area (TPSA) is 44.3 Å². The maximum absolute atomic E-state index is 9.95. The maximum Gasteiger partial charge on any atom is 0.195 e. The Kier molecular flexibility index (Phi) is 2.46. The predicted octanol–water partition coefficient (Wildman–Crippen LogP) is 2.20. The molecule has 0 radical (unpaired) electrons. The number of phenols is 2. The number of nitrogens with zero attached hydrogens (tertiary/aromatic N) is 1. The molecule has 0 aliphatic carbocycles. The van der Waals surface area contributed by atoms with Gasteiger partial charge in [0.1, 0.15) is 7.05 Å². The number of hydrogen-bond donors (Lipinski definition) is 2. The summed E-state index contributed by atoms with van der Waals surface area (Å²) in [6.45, 7) is 4.14. The molecule has 0 fully saturated rings. The summed E-state index contributed by atoms with van der Waals surface area (Å²) in [5.74, 6) is 0.180. The van der Waals surface area contributed by atoms with E-state index in [1.807, 2.05) is 29.9 Å². The fraction of sp³-hybridized carbons (Fsp3) is 0.308. The molecular weight excluding hydrogens is 202 g/mol. The quantitative estimate of drug-likeness (QED) is 0.569. The first kappa shape index (κ1) is 10.7. The second kappa shape index (κ2) is 3.67. The minimum absolute atomic E-state index is 0.0302. The molecule has 3 heteroatoms. The lowest BCUT2D eigenvalue weighted by Gasteiger charge is -2.09. The third kappa shape index (κ3) is 1.48. The molecule has 1 heterocycles. The number of aromatic nitrogens is 1. The largest absolute Gasteiger partial charge is 0.504 e. The SMILES string of the molecule is CC(C)c1c2c(O)c(O)ccc2cc[n+]1C. The zero-order valence-corrected chi connectivity index (χ0v) is 9.73. The van der Waals surface area contributed by atoms with Crippen molar-refractivity contribution in [1.29, 1.82) is 0 Å². The molecule has 3 nitrogen and oxygen atoms in total. The molecule has 1 aromatic carbocycles. The maximum atomic E-state index is 9.95. The van der Waals surface area contributed by atoms with Crippen LogP contribution < -0.4 is 4.57 Å². The van der Waals surface area contributed by atoms with Gasteiger partial charge in [0, 0.05) is 12.0 Å².